The number of benzene rings is 2. The predicted molar refractivity (Wildman–Crippen MR) is 65.9 cm³/mol. The van der Waals surface area contributed by atoms with Gasteiger partial charge in [0.2, 0.25) is 0 Å². The fourth-order valence-electron chi connectivity index (χ4n) is 1.44. The van der Waals surface area contributed by atoms with Gasteiger partial charge < -0.3 is 5.11 Å². The van der Waals surface area contributed by atoms with Crippen molar-refractivity contribution in [2.24, 2.45) is 0 Å². The van der Waals surface area contributed by atoms with E-state index in [4.69, 9.17) is 0 Å². The second-order valence-electron chi connectivity index (χ2n) is 3.49. The molecule has 92 valence electrons. The van der Waals surface area contributed by atoms with Crippen LogP contribution in [0.3, 0.4) is 0 Å². The lowest BCUT2D eigenvalue weighted by atomic mass is 10.3. The molecule has 2 rings (SSSR count). The molecular formula is C12H9NO4S. The molecule has 0 spiro atoms. The number of phenolic OH excluding ortho intramolecular Hbond substituents is 1. The second-order valence-corrected chi connectivity index (χ2v) is 4.97. The molecule has 6 heteroatoms. The molecule has 5 nitrogen and oxygen atoms in total. The van der Waals surface area contributed by atoms with Crippen molar-refractivity contribution < 1.29 is 14.2 Å². The zero-order chi connectivity index (χ0) is 13.1. The first kappa shape index (κ1) is 12.3. The number of nitrogens with zero attached hydrogens (tertiary/aromatic N) is 1. The highest BCUT2D eigenvalue weighted by Crippen LogP contribution is 2.29. The highest BCUT2D eigenvalue weighted by Gasteiger charge is 2.16. The average molecular weight is 263 g/mol. The molecule has 2 aromatic carbocycles. The average Bonchev–Trinajstić information content (AvgIpc) is 2.39. The number of rotatable bonds is 3. The summed E-state index contributed by atoms with van der Waals surface area (Å²) < 4.78 is 12.1. The van der Waals surface area contributed by atoms with Crippen molar-refractivity contribution in [2.45, 2.75) is 9.79 Å². The largest absolute Gasteiger partial charge is 0.502 e. The van der Waals surface area contributed by atoms with Gasteiger partial charge in [0, 0.05) is 11.0 Å². The second kappa shape index (κ2) is 4.97. The Morgan fingerprint density at radius 1 is 1.06 bits per heavy atom. The van der Waals surface area contributed by atoms with E-state index in [0.29, 0.717) is 4.90 Å². The molecule has 2 aromatic rings. The van der Waals surface area contributed by atoms with Crippen LogP contribution in [-0.4, -0.2) is 14.2 Å². The van der Waals surface area contributed by atoms with E-state index >= 15 is 0 Å². The van der Waals surface area contributed by atoms with Gasteiger partial charge in [-0.25, -0.2) is 4.21 Å². The van der Waals surface area contributed by atoms with Crippen molar-refractivity contribution in [3.63, 3.8) is 0 Å². The summed E-state index contributed by atoms with van der Waals surface area (Å²) in [6, 6.07) is 12.3. The van der Waals surface area contributed by atoms with E-state index in [1.807, 2.05) is 0 Å². The molecule has 0 radical (unpaired) electrons. The summed E-state index contributed by atoms with van der Waals surface area (Å²) in [5.41, 5.74) is -0.447. The van der Waals surface area contributed by atoms with Crippen LogP contribution in [0.4, 0.5) is 5.69 Å². The molecular weight excluding hydrogens is 254 g/mol. The van der Waals surface area contributed by atoms with Crippen molar-refractivity contribution >= 4 is 16.5 Å². The van der Waals surface area contributed by atoms with E-state index < -0.39 is 27.2 Å². The molecule has 0 aliphatic rings. The van der Waals surface area contributed by atoms with Crippen molar-refractivity contribution in [3.05, 3.63) is 58.6 Å². The van der Waals surface area contributed by atoms with Crippen LogP contribution in [0.25, 0.3) is 0 Å². The number of hydrogen-bond acceptors (Lipinski definition) is 4. The molecule has 0 amide bonds. The minimum absolute atomic E-state index is 0.283. The van der Waals surface area contributed by atoms with Crippen LogP contribution in [0.1, 0.15) is 0 Å². The normalized spacial score (nSPS) is 12.0. The summed E-state index contributed by atoms with van der Waals surface area (Å²) in [5.74, 6) is -0.436. The van der Waals surface area contributed by atoms with Gasteiger partial charge in [-0.05, 0) is 24.3 Å². The Hall–Kier alpha value is -2.21. The molecule has 0 saturated heterocycles. The maximum absolute atomic E-state index is 12.1. The Bertz CT molecular complexity index is 613. The van der Waals surface area contributed by atoms with Gasteiger partial charge >= 0.3 is 5.69 Å². The fourth-order valence-corrected chi connectivity index (χ4v) is 2.53. The summed E-state index contributed by atoms with van der Waals surface area (Å²) in [4.78, 5) is 10.8. The number of phenols is 1. The van der Waals surface area contributed by atoms with E-state index in [0.717, 1.165) is 6.07 Å². The topological polar surface area (TPSA) is 80.4 Å². The third kappa shape index (κ3) is 2.38. The number of nitro benzene ring substituents is 1. The number of hydrogen-bond donors (Lipinski definition) is 1. The lowest BCUT2D eigenvalue weighted by molar-refractivity contribution is -0.386. The molecule has 0 aromatic heterocycles. The molecule has 0 bridgehead atoms. The molecule has 0 saturated carbocycles. The summed E-state index contributed by atoms with van der Waals surface area (Å²) >= 11 is 0. The highest BCUT2D eigenvalue weighted by atomic mass is 32.2. The summed E-state index contributed by atoms with van der Waals surface area (Å²) in [6.45, 7) is 0. The van der Waals surface area contributed by atoms with Crippen LogP contribution in [0.15, 0.2) is 58.3 Å². The summed E-state index contributed by atoms with van der Waals surface area (Å²) in [5, 5.41) is 20.0. The van der Waals surface area contributed by atoms with E-state index in [1.54, 1.807) is 30.3 Å². The van der Waals surface area contributed by atoms with Crippen molar-refractivity contribution in [1.82, 2.24) is 0 Å². The van der Waals surface area contributed by atoms with Gasteiger partial charge in [-0.1, -0.05) is 18.2 Å². The zero-order valence-corrected chi connectivity index (χ0v) is 9.96. The Morgan fingerprint density at radius 3 is 2.33 bits per heavy atom. The molecule has 0 aliphatic heterocycles. The lowest BCUT2D eigenvalue weighted by Gasteiger charge is -2.03. The Kier molecular flexibility index (Phi) is 3.38. The predicted octanol–water partition coefficient (Wildman–Crippen LogP) is 2.47. The molecule has 1 atom stereocenters. The van der Waals surface area contributed by atoms with Gasteiger partial charge in [0.05, 0.1) is 20.6 Å². The van der Waals surface area contributed by atoms with Crippen molar-refractivity contribution in [2.75, 3.05) is 0 Å². The standard InChI is InChI=1S/C12H9NO4S/c14-12-7-6-10(8-11(12)13(15)16)18(17)9-4-2-1-3-5-9/h1-8,14H. The van der Waals surface area contributed by atoms with Gasteiger partial charge in [0.15, 0.2) is 5.75 Å². The van der Waals surface area contributed by atoms with Crippen LogP contribution in [-0.2, 0) is 10.8 Å². The van der Waals surface area contributed by atoms with Gasteiger partial charge in [-0.2, -0.15) is 0 Å². The molecule has 1 unspecified atom stereocenters. The highest BCUT2D eigenvalue weighted by molar-refractivity contribution is 7.85. The Balaban J connectivity index is 2.44. The molecule has 0 heterocycles. The Morgan fingerprint density at radius 2 is 1.72 bits per heavy atom. The van der Waals surface area contributed by atoms with E-state index in [9.17, 15) is 19.4 Å². The first-order valence-corrected chi connectivity index (χ1v) is 6.19. The zero-order valence-electron chi connectivity index (χ0n) is 9.15. The summed E-state index contributed by atoms with van der Waals surface area (Å²) in [7, 11) is -1.50. The van der Waals surface area contributed by atoms with Gasteiger partial charge in [0.25, 0.3) is 0 Å². The van der Waals surface area contributed by atoms with Crippen LogP contribution >= 0.6 is 0 Å². The monoisotopic (exact) mass is 263 g/mol. The molecule has 18 heavy (non-hydrogen) atoms. The maximum atomic E-state index is 12.1. The maximum Gasteiger partial charge on any atom is 0.311 e. The first-order valence-electron chi connectivity index (χ1n) is 5.04. The van der Waals surface area contributed by atoms with Crippen LogP contribution in [0.5, 0.6) is 5.75 Å². The van der Waals surface area contributed by atoms with Crippen molar-refractivity contribution in [3.8, 4) is 5.75 Å². The van der Waals surface area contributed by atoms with Gasteiger partial charge in [-0.3, -0.25) is 10.1 Å². The minimum Gasteiger partial charge on any atom is -0.502 e. The van der Waals surface area contributed by atoms with Crippen LogP contribution < -0.4 is 0 Å². The van der Waals surface area contributed by atoms with Gasteiger partial charge in [-0.15, -0.1) is 0 Å². The first-order chi connectivity index (χ1) is 8.59. The smallest absolute Gasteiger partial charge is 0.311 e. The minimum atomic E-state index is -1.50. The lowest BCUT2D eigenvalue weighted by Crippen LogP contribution is -1.95. The van der Waals surface area contributed by atoms with Crippen LogP contribution in [0.2, 0.25) is 0 Å². The van der Waals surface area contributed by atoms with Crippen LogP contribution in [0, 0.1) is 10.1 Å². The van der Waals surface area contributed by atoms with E-state index in [-0.39, 0.29) is 4.90 Å². The number of aromatic hydroxyl groups is 1. The SMILES string of the molecule is O=[N+]([O-])c1cc(S(=O)c2ccccc2)ccc1O. The number of nitro groups is 1. The third-order valence-electron chi connectivity index (χ3n) is 2.31. The quantitative estimate of drug-likeness (QED) is 0.681. The third-order valence-corrected chi connectivity index (χ3v) is 3.70. The van der Waals surface area contributed by atoms with Crippen molar-refractivity contribution in [1.29, 1.82) is 0 Å². The fraction of sp³-hybridized carbons (Fsp3) is 0. The molecule has 1 N–H and O–H groups in total. The van der Waals surface area contributed by atoms with E-state index in [2.05, 4.69) is 0 Å². The molecule has 0 fully saturated rings. The van der Waals surface area contributed by atoms with E-state index in [1.165, 1.54) is 12.1 Å². The Labute approximate surface area is 105 Å². The van der Waals surface area contributed by atoms with Gasteiger partial charge in [0.1, 0.15) is 0 Å². The molecule has 0 aliphatic carbocycles. The summed E-state index contributed by atoms with van der Waals surface area (Å²) in [6.07, 6.45) is 0.